The van der Waals surface area contributed by atoms with Gasteiger partial charge in [0.25, 0.3) is 0 Å². The summed E-state index contributed by atoms with van der Waals surface area (Å²) >= 11 is 6.30. The summed E-state index contributed by atoms with van der Waals surface area (Å²) in [6.45, 7) is 8.72. The predicted octanol–water partition coefficient (Wildman–Crippen LogP) is 4.25. The molecule has 4 heteroatoms. The van der Waals surface area contributed by atoms with E-state index >= 15 is 0 Å². The molecule has 1 aliphatic carbocycles. The molecule has 1 N–H and O–H groups in total. The lowest BCUT2D eigenvalue weighted by Gasteiger charge is -2.20. The third kappa shape index (κ3) is 3.34. The number of aryl methyl sites for hydroxylation is 1. The van der Waals surface area contributed by atoms with Crippen LogP contribution in [0.25, 0.3) is 0 Å². The van der Waals surface area contributed by atoms with Crippen LogP contribution >= 0.6 is 11.6 Å². The predicted molar refractivity (Wildman–Crippen MR) is 84.2 cm³/mol. The minimum Gasteiger partial charge on any atom is -0.493 e. The third-order valence-electron chi connectivity index (χ3n) is 4.49. The van der Waals surface area contributed by atoms with Gasteiger partial charge in [-0.05, 0) is 68.2 Å². The van der Waals surface area contributed by atoms with Gasteiger partial charge in [0.1, 0.15) is 5.75 Å². The molecule has 1 aromatic rings. The summed E-state index contributed by atoms with van der Waals surface area (Å²) in [5.74, 6) is 0.670. The van der Waals surface area contributed by atoms with Gasteiger partial charge in [-0.1, -0.05) is 18.5 Å². The van der Waals surface area contributed by atoms with Crippen molar-refractivity contribution in [2.45, 2.75) is 40.5 Å². The molecule has 0 heterocycles. The van der Waals surface area contributed by atoms with Crippen molar-refractivity contribution in [1.82, 2.24) is 0 Å². The summed E-state index contributed by atoms with van der Waals surface area (Å²) in [5, 5.41) is 9.83. The Morgan fingerprint density at radius 2 is 2.19 bits per heavy atom. The Bertz CT molecular complexity index is 553. The van der Waals surface area contributed by atoms with Crippen LogP contribution in [0.4, 0.5) is 0 Å². The average molecular weight is 311 g/mol. The maximum Gasteiger partial charge on any atom is 0.306 e. The highest BCUT2D eigenvalue weighted by atomic mass is 35.5. The van der Waals surface area contributed by atoms with E-state index in [-0.39, 0.29) is 11.8 Å². The topological polar surface area (TPSA) is 46.5 Å². The van der Waals surface area contributed by atoms with Crippen LogP contribution in [0.1, 0.15) is 37.0 Å². The summed E-state index contributed by atoms with van der Waals surface area (Å²) in [7, 11) is 0. The highest BCUT2D eigenvalue weighted by Gasteiger charge is 2.46. The molecule has 0 aromatic heterocycles. The Morgan fingerprint density at radius 3 is 2.71 bits per heavy atom. The van der Waals surface area contributed by atoms with Crippen molar-refractivity contribution in [3.8, 4) is 5.75 Å². The van der Waals surface area contributed by atoms with Gasteiger partial charge in [-0.25, -0.2) is 0 Å². The molecular weight excluding hydrogens is 288 g/mol. The van der Waals surface area contributed by atoms with E-state index in [1.165, 1.54) is 0 Å². The Hall–Kier alpha value is -1.22. The highest BCUT2D eigenvalue weighted by Crippen LogP contribution is 2.46. The van der Waals surface area contributed by atoms with E-state index < -0.39 is 5.97 Å². The van der Waals surface area contributed by atoms with Crippen LogP contribution in [0, 0.1) is 31.6 Å². The number of aliphatic carboxylic acids is 1. The molecule has 0 saturated heterocycles. The zero-order valence-corrected chi connectivity index (χ0v) is 13.8. The minimum atomic E-state index is -0.670. The van der Waals surface area contributed by atoms with Crippen LogP contribution in [0.2, 0.25) is 5.02 Å². The van der Waals surface area contributed by atoms with E-state index in [1.54, 1.807) is 0 Å². The minimum absolute atomic E-state index is 0.170. The van der Waals surface area contributed by atoms with Gasteiger partial charge in [0, 0.05) is 5.02 Å². The average Bonchev–Trinajstić information content (AvgIpc) is 3.20. The van der Waals surface area contributed by atoms with Crippen LogP contribution < -0.4 is 4.74 Å². The van der Waals surface area contributed by atoms with E-state index in [9.17, 15) is 4.79 Å². The van der Waals surface area contributed by atoms with E-state index in [0.29, 0.717) is 12.5 Å². The molecule has 1 aliphatic rings. The van der Waals surface area contributed by atoms with Crippen molar-refractivity contribution in [3.63, 3.8) is 0 Å². The maximum atomic E-state index is 11.0. The van der Waals surface area contributed by atoms with E-state index in [1.807, 2.05) is 26.8 Å². The van der Waals surface area contributed by atoms with Crippen LogP contribution in [0.3, 0.4) is 0 Å². The number of carboxylic acid groups (broad SMARTS) is 1. The van der Waals surface area contributed by atoms with Crippen molar-refractivity contribution < 1.29 is 14.6 Å². The van der Waals surface area contributed by atoms with Crippen LogP contribution in [0.15, 0.2) is 6.07 Å². The molecule has 1 aromatic carbocycles. The van der Waals surface area contributed by atoms with Gasteiger partial charge in [-0.15, -0.1) is 0 Å². The van der Waals surface area contributed by atoms with Gasteiger partial charge in [0.2, 0.25) is 0 Å². The van der Waals surface area contributed by atoms with E-state index in [0.717, 1.165) is 40.3 Å². The number of hydrogen-bond donors (Lipinski definition) is 1. The Morgan fingerprint density at radius 1 is 1.52 bits per heavy atom. The quantitative estimate of drug-likeness (QED) is 0.854. The largest absolute Gasteiger partial charge is 0.493 e. The molecule has 1 saturated carbocycles. The Labute approximate surface area is 131 Å². The first kappa shape index (κ1) is 16.2. The molecule has 0 amide bonds. The Balaban J connectivity index is 2.24. The van der Waals surface area contributed by atoms with Gasteiger partial charge in [-0.2, -0.15) is 0 Å². The second kappa shape index (κ2) is 6.27. The van der Waals surface area contributed by atoms with Crippen molar-refractivity contribution in [2.75, 3.05) is 6.61 Å². The fourth-order valence-corrected chi connectivity index (χ4v) is 3.39. The lowest BCUT2D eigenvalue weighted by molar-refractivity contribution is -0.139. The first-order valence-electron chi connectivity index (χ1n) is 7.50. The van der Waals surface area contributed by atoms with Crippen molar-refractivity contribution in [1.29, 1.82) is 0 Å². The summed E-state index contributed by atoms with van der Waals surface area (Å²) in [5.41, 5.74) is 3.22. The lowest BCUT2D eigenvalue weighted by atomic mass is 9.91. The van der Waals surface area contributed by atoms with Crippen LogP contribution in [-0.4, -0.2) is 17.7 Å². The van der Waals surface area contributed by atoms with Gasteiger partial charge in [-0.3, -0.25) is 4.79 Å². The SMILES string of the molecule is CCOc1c(C)cc(Cl)c(C)c1CC(C)C1CC1C(=O)O. The number of carbonyl (C=O) groups is 1. The third-order valence-corrected chi connectivity index (χ3v) is 4.88. The van der Waals surface area contributed by atoms with Gasteiger partial charge in [0.05, 0.1) is 12.5 Å². The van der Waals surface area contributed by atoms with E-state index in [2.05, 4.69) is 6.92 Å². The lowest BCUT2D eigenvalue weighted by Crippen LogP contribution is -2.11. The zero-order valence-electron chi connectivity index (χ0n) is 13.1. The van der Waals surface area contributed by atoms with Crippen LogP contribution in [-0.2, 0) is 11.2 Å². The molecule has 3 unspecified atom stereocenters. The fourth-order valence-electron chi connectivity index (χ4n) is 3.11. The second-order valence-corrected chi connectivity index (χ2v) is 6.47. The summed E-state index contributed by atoms with van der Waals surface area (Å²) in [6.07, 6.45) is 1.61. The molecule has 3 atom stereocenters. The van der Waals surface area contributed by atoms with E-state index in [4.69, 9.17) is 21.4 Å². The van der Waals surface area contributed by atoms with Gasteiger partial charge in [0.15, 0.2) is 0 Å². The monoisotopic (exact) mass is 310 g/mol. The summed E-state index contributed by atoms with van der Waals surface area (Å²) < 4.78 is 5.80. The molecule has 2 rings (SSSR count). The van der Waals surface area contributed by atoms with Gasteiger partial charge >= 0.3 is 5.97 Å². The van der Waals surface area contributed by atoms with Gasteiger partial charge < -0.3 is 9.84 Å². The second-order valence-electron chi connectivity index (χ2n) is 6.07. The molecular formula is C17H23ClO3. The molecule has 0 aliphatic heterocycles. The highest BCUT2D eigenvalue weighted by molar-refractivity contribution is 6.31. The molecule has 3 nitrogen and oxygen atoms in total. The van der Waals surface area contributed by atoms with Crippen molar-refractivity contribution >= 4 is 17.6 Å². The molecule has 116 valence electrons. The smallest absolute Gasteiger partial charge is 0.306 e. The number of ether oxygens (including phenoxy) is 1. The normalized spacial score (nSPS) is 22.0. The number of benzene rings is 1. The molecule has 0 spiro atoms. The first-order valence-corrected chi connectivity index (χ1v) is 7.88. The van der Waals surface area contributed by atoms with Crippen LogP contribution in [0.5, 0.6) is 5.75 Å². The molecule has 0 bridgehead atoms. The number of carboxylic acids is 1. The molecule has 0 radical (unpaired) electrons. The number of rotatable bonds is 6. The van der Waals surface area contributed by atoms with Crippen molar-refractivity contribution in [3.05, 3.63) is 27.8 Å². The molecule has 1 fully saturated rings. The zero-order chi connectivity index (χ0) is 15.7. The maximum absolute atomic E-state index is 11.0. The van der Waals surface area contributed by atoms with Crippen molar-refractivity contribution in [2.24, 2.45) is 17.8 Å². The Kier molecular flexibility index (Phi) is 4.82. The first-order chi connectivity index (χ1) is 9.86. The number of halogens is 1. The molecule has 21 heavy (non-hydrogen) atoms. The standard InChI is InChI=1S/C17H23ClO3/c1-5-21-16-10(3)7-15(18)11(4)13(16)6-9(2)12-8-14(12)17(19)20/h7,9,12,14H,5-6,8H2,1-4H3,(H,19,20). The fraction of sp³-hybridized carbons (Fsp3) is 0.588. The summed E-state index contributed by atoms with van der Waals surface area (Å²) in [4.78, 5) is 11.0. The number of hydrogen-bond acceptors (Lipinski definition) is 2. The summed E-state index contributed by atoms with van der Waals surface area (Å²) in [6, 6.07) is 1.94.